The molecule has 4 aromatic rings. The van der Waals surface area contributed by atoms with Gasteiger partial charge < -0.3 is 10.2 Å². The summed E-state index contributed by atoms with van der Waals surface area (Å²) in [5.41, 5.74) is 1.57. The Balaban J connectivity index is 1.73. The number of Topliss-reactive ketones (excluding diaryl/α,β-unsaturated/α-hetero) is 1. The zero-order valence-electron chi connectivity index (χ0n) is 16.4. The molecule has 2 heterocycles. The van der Waals surface area contributed by atoms with Crippen molar-refractivity contribution >= 4 is 55.7 Å². The van der Waals surface area contributed by atoms with Crippen LogP contribution in [-0.2, 0) is 9.59 Å². The van der Waals surface area contributed by atoms with Crippen LogP contribution in [0.1, 0.15) is 17.2 Å². The van der Waals surface area contributed by atoms with E-state index < -0.39 is 17.7 Å². The molecule has 2 N–H and O–H groups in total. The maximum absolute atomic E-state index is 13.2. The number of aromatic hydroxyl groups is 1. The van der Waals surface area contributed by atoms with Gasteiger partial charge in [0.1, 0.15) is 11.5 Å². The molecule has 0 aliphatic carbocycles. The first-order chi connectivity index (χ1) is 15.4. The summed E-state index contributed by atoms with van der Waals surface area (Å²) in [6, 6.07) is 19.0. The predicted molar refractivity (Wildman–Crippen MR) is 124 cm³/mol. The zero-order chi connectivity index (χ0) is 22.4. The van der Waals surface area contributed by atoms with Gasteiger partial charge in [0, 0.05) is 10.6 Å². The van der Waals surface area contributed by atoms with Gasteiger partial charge in [0.25, 0.3) is 5.78 Å². The highest BCUT2D eigenvalue weighted by molar-refractivity contribution is 7.22. The van der Waals surface area contributed by atoms with Crippen LogP contribution in [0, 0.1) is 0 Å². The van der Waals surface area contributed by atoms with Gasteiger partial charge in [0.2, 0.25) is 0 Å². The van der Waals surface area contributed by atoms with Crippen LogP contribution in [0.15, 0.2) is 78.4 Å². The van der Waals surface area contributed by atoms with E-state index in [2.05, 4.69) is 4.98 Å². The molecule has 8 heteroatoms. The van der Waals surface area contributed by atoms with E-state index in [-0.39, 0.29) is 17.1 Å². The van der Waals surface area contributed by atoms with Crippen LogP contribution in [0.5, 0.6) is 5.75 Å². The fourth-order valence-electron chi connectivity index (χ4n) is 3.73. The molecule has 32 heavy (non-hydrogen) atoms. The molecule has 1 amide bonds. The number of anilines is 1. The fourth-order valence-corrected chi connectivity index (χ4v) is 4.85. The lowest BCUT2D eigenvalue weighted by Gasteiger charge is -2.23. The molecule has 0 bridgehead atoms. The number of phenolic OH excluding ortho intramolecular Hbond substituents is 1. The lowest BCUT2D eigenvalue weighted by Crippen LogP contribution is -2.29. The number of benzene rings is 3. The van der Waals surface area contributed by atoms with E-state index in [0.717, 1.165) is 4.70 Å². The van der Waals surface area contributed by atoms with Gasteiger partial charge in [-0.25, -0.2) is 4.98 Å². The van der Waals surface area contributed by atoms with Gasteiger partial charge in [0.05, 0.1) is 21.8 Å². The van der Waals surface area contributed by atoms with Crippen LogP contribution < -0.4 is 4.90 Å². The van der Waals surface area contributed by atoms with E-state index in [1.54, 1.807) is 36.4 Å². The van der Waals surface area contributed by atoms with Crippen molar-refractivity contribution < 1.29 is 19.8 Å². The number of phenols is 1. The van der Waals surface area contributed by atoms with E-state index in [9.17, 15) is 19.8 Å². The minimum atomic E-state index is -0.910. The van der Waals surface area contributed by atoms with Crippen molar-refractivity contribution in [1.82, 2.24) is 4.98 Å². The van der Waals surface area contributed by atoms with Gasteiger partial charge in [-0.05, 0) is 54.1 Å². The summed E-state index contributed by atoms with van der Waals surface area (Å²) in [5.74, 6) is -1.85. The number of halogens is 1. The zero-order valence-corrected chi connectivity index (χ0v) is 18.0. The first-order valence-corrected chi connectivity index (χ1v) is 10.8. The summed E-state index contributed by atoms with van der Waals surface area (Å²) in [6.07, 6.45) is 0. The van der Waals surface area contributed by atoms with Gasteiger partial charge in [-0.15, -0.1) is 0 Å². The Morgan fingerprint density at radius 3 is 2.34 bits per heavy atom. The second-order valence-electron chi connectivity index (χ2n) is 7.23. The molecule has 1 aromatic heterocycles. The van der Waals surface area contributed by atoms with Crippen LogP contribution in [0.3, 0.4) is 0 Å². The Morgan fingerprint density at radius 1 is 0.969 bits per heavy atom. The number of carbonyl (C=O) groups excluding carboxylic acids is 2. The van der Waals surface area contributed by atoms with Gasteiger partial charge >= 0.3 is 5.91 Å². The Hall–Kier alpha value is -3.68. The van der Waals surface area contributed by atoms with Gasteiger partial charge in [0.15, 0.2) is 5.13 Å². The molecular formula is C24H15ClN2O4S. The quantitative estimate of drug-likeness (QED) is 0.245. The highest BCUT2D eigenvalue weighted by atomic mass is 35.5. The average Bonchev–Trinajstić information content (AvgIpc) is 3.33. The summed E-state index contributed by atoms with van der Waals surface area (Å²) in [6.45, 7) is 0. The van der Waals surface area contributed by atoms with E-state index >= 15 is 0 Å². The number of rotatable bonds is 3. The topological polar surface area (TPSA) is 90.7 Å². The number of aromatic nitrogens is 1. The molecule has 5 rings (SSSR count). The number of nitrogens with zero attached hydrogens (tertiary/aromatic N) is 2. The summed E-state index contributed by atoms with van der Waals surface area (Å²) >= 11 is 7.24. The minimum absolute atomic E-state index is 0.0448. The minimum Gasteiger partial charge on any atom is -0.508 e. The molecule has 0 spiro atoms. The molecule has 1 unspecified atom stereocenters. The third-order valence-electron chi connectivity index (χ3n) is 5.26. The van der Waals surface area contributed by atoms with Crippen molar-refractivity contribution in [3.8, 4) is 5.75 Å². The molecular weight excluding hydrogens is 448 g/mol. The smallest absolute Gasteiger partial charge is 0.301 e. The fraction of sp³-hybridized carbons (Fsp3) is 0.0417. The molecule has 1 atom stereocenters. The van der Waals surface area contributed by atoms with Crippen molar-refractivity contribution in [2.75, 3.05) is 4.90 Å². The van der Waals surface area contributed by atoms with E-state index in [1.807, 2.05) is 24.3 Å². The molecule has 0 radical (unpaired) electrons. The molecule has 1 saturated heterocycles. The highest BCUT2D eigenvalue weighted by Crippen LogP contribution is 2.44. The number of hydrogen-bond acceptors (Lipinski definition) is 6. The number of ketones is 1. The number of fused-ring (bicyclic) bond motifs is 1. The van der Waals surface area contributed by atoms with Crippen molar-refractivity contribution in [2.45, 2.75) is 6.04 Å². The number of hydrogen-bond donors (Lipinski definition) is 2. The second kappa shape index (κ2) is 7.78. The van der Waals surface area contributed by atoms with Crippen molar-refractivity contribution in [3.05, 3.63) is 94.5 Å². The van der Waals surface area contributed by atoms with Crippen LogP contribution >= 0.6 is 22.9 Å². The van der Waals surface area contributed by atoms with Crippen LogP contribution in [0.4, 0.5) is 5.13 Å². The van der Waals surface area contributed by atoms with Crippen molar-refractivity contribution in [1.29, 1.82) is 0 Å². The van der Waals surface area contributed by atoms with Gasteiger partial charge in [-0.1, -0.05) is 47.2 Å². The first-order valence-electron chi connectivity index (χ1n) is 9.65. The molecule has 1 aliphatic rings. The number of para-hydroxylation sites is 1. The number of amides is 1. The maximum Gasteiger partial charge on any atom is 0.301 e. The normalized spacial score (nSPS) is 17.9. The Bertz CT molecular complexity index is 1360. The number of thiazole rings is 1. The van der Waals surface area contributed by atoms with Crippen LogP contribution in [-0.4, -0.2) is 26.9 Å². The standard InChI is InChI=1S/C24H15ClN2O4S/c25-15-9-5-14(6-10-15)21(29)19-20(13-7-11-16(28)12-8-13)27(23(31)22(19)30)24-26-17-3-1-2-4-18(17)32-24/h1-12,20,28-29H/b21-19-. The van der Waals surface area contributed by atoms with E-state index in [4.69, 9.17) is 11.6 Å². The molecule has 0 saturated carbocycles. The summed E-state index contributed by atoms with van der Waals surface area (Å²) in [5, 5.41) is 21.6. The largest absolute Gasteiger partial charge is 0.508 e. The van der Waals surface area contributed by atoms with E-state index in [0.29, 0.717) is 26.8 Å². The summed E-state index contributed by atoms with van der Waals surface area (Å²) in [4.78, 5) is 32.1. The third kappa shape index (κ3) is 3.32. The highest BCUT2D eigenvalue weighted by Gasteiger charge is 2.48. The van der Waals surface area contributed by atoms with Crippen LogP contribution in [0.2, 0.25) is 5.02 Å². The number of aliphatic hydroxyl groups is 1. The average molecular weight is 463 g/mol. The lowest BCUT2D eigenvalue weighted by molar-refractivity contribution is -0.132. The SMILES string of the molecule is O=C1C(=O)N(c2nc3ccccc3s2)C(c2ccc(O)cc2)/C1=C(/O)c1ccc(Cl)cc1. The molecule has 158 valence electrons. The van der Waals surface area contributed by atoms with Crippen molar-refractivity contribution in [2.24, 2.45) is 0 Å². The molecule has 6 nitrogen and oxygen atoms in total. The molecule has 3 aromatic carbocycles. The number of aliphatic hydroxyl groups excluding tert-OH is 1. The monoisotopic (exact) mass is 462 g/mol. The second-order valence-corrected chi connectivity index (χ2v) is 8.68. The third-order valence-corrected chi connectivity index (χ3v) is 6.55. The van der Waals surface area contributed by atoms with Crippen molar-refractivity contribution in [3.63, 3.8) is 0 Å². The predicted octanol–water partition coefficient (Wildman–Crippen LogP) is 5.28. The van der Waals surface area contributed by atoms with Gasteiger partial charge in [-0.2, -0.15) is 0 Å². The summed E-state index contributed by atoms with van der Waals surface area (Å²) < 4.78 is 0.867. The Labute approximate surface area is 191 Å². The molecule has 1 fully saturated rings. The van der Waals surface area contributed by atoms with Crippen LogP contribution in [0.25, 0.3) is 16.0 Å². The number of carbonyl (C=O) groups is 2. The summed E-state index contributed by atoms with van der Waals surface area (Å²) in [7, 11) is 0. The Morgan fingerprint density at radius 2 is 1.66 bits per heavy atom. The van der Waals surface area contributed by atoms with Gasteiger partial charge in [-0.3, -0.25) is 14.5 Å². The Kier molecular flexibility index (Phi) is 4.92. The molecule has 1 aliphatic heterocycles. The maximum atomic E-state index is 13.2. The van der Waals surface area contributed by atoms with E-state index in [1.165, 1.54) is 28.4 Å². The first kappa shape index (κ1) is 20.2. The lowest BCUT2D eigenvalue weighted by atomic mass is 9.95.